The first-order valence-electron chi connectivity index (χ1n) is 3.67. The van der Waals surface area contributed by atoms with Crippen LogP contribution in [0.2, 0.25) is 0 Å². The summed E-state index contributed by atoms with van der Waals surface area (Å²) >= 11 is 0. The number of rotatable bonds is 1. The molecule has 13 heavy (non-hydrogen) atoms. The summed E-state index contributed by atoms with van der Waals surface area (Å²) in [6.07, 6.45) is 0. The smallest absolute Gasteiger partial charge is 0.227 e. The maximum absolute atomic E-state index is 12.5. The van der Waals surface area contributed by atoms with Crippen molar-refractivity contribution in [3.8, 4) is 11.4 Å². The average Bonchev–Trinajstić information content (AvgIpc) is 2.53. The molecule has 0 unspecified atom stereocenters. The zero-order valence-electron chi connectivity index (χ0n) is 6.70. The molecule has 0 spiro atoms. The van der Waals surface area contributed by atoms with E-state index in [4.69, 9.17) is 0 Å². The summed E-state index contributed by atoms with van der Waals surface area (Å²) in [6.45, 7) is 3.47. The lowest BCUT2D eigenvalue weighted by molar-refractivity contribution is 0.405. The normalized spacial score (nSPS) is 10.3. The summed E-state index contributed by atoms with van der Waals surface area (Å²) < 4.78 is 17.2. The van der Waals surface area contributed by atoms with Crippen molar-refractivity contribution >= 4 is 0 Å². The molecule has 0 aliphatic rings. The van der Waals surface area contributed by atoms with Gasteiger partial charge in [0.1, 0.15) is 5.82 Å². The van der Waals surface area contributed by atoms with E-state index in [1.807, 2.05) is 0 Å². The Morgan fingerprint density at radius 1 is 1.23 bits per heavy atom. The number of hydrogen-bond acceptors (Lipinski definition) is 3. The van der Waals surface area contributed by atoms with Crippen LogP contribution < -0.4 is 0 Å². The van der Waals surface area contributed by atoms with Crippen LogP contribution >= 0.6 is 0 Å². The summed E-state index contributed by atoms with van der Waals surface area (Å²) in [4.78, 5) is 3.90. The number of benzene rings is 1. The molecule has 0 saturated heterocycles. The third kappa shape index (κ3) is 1.56. The van der Waals surface area contributed by atoms with Crippen LogP contribution in [0.15, 0.2) is 28.8 Å². The molecule has 4 heteroatoms. The first-order chi connectivity index (χ1) is 6.25. The van der Waals surface area contributed by atoms with Gasteiger partial charge in [-0.1, -0.05) is 5.16 Å². The lowest BCUT2D eigenvalue weighted by Crippen LogP contribution is -1.80. The third-order valence-corrected chi connectivity index (χ3v) is 1.57. The molecule has 0 fully saturated rings. The summed E-state index contributed by atoms with van der Waals surface area (Å²) in [7, 11) is 0. The molecule has 1 heterocycles. The van der Waals surface area contributed by atoms with Crippen LogP contribution in [0.5, 0.6) is 0 Å². The number of hydrogen-bond donors (Lipinski definition) is 0. The second kappa shape index (κ2) is 2.97. The standard InChI is InChI=1S/C9H6FN2O/c1-6-11-9(12-13-6)7-2-4-8(10)5-3-7/h2-5H,1H2. The van der Waals surface area contributed by atoms with Crippen molar-refractivity contribution < 1.29 is 8.91 Å². The maximum atomic E-state index is 12.5. The van der Waals surface area contributed by atoms with E-state index in [0.29, 0.717) is 11.4 Å². The minimum Gasteiger partial charge on any atom is -0.339 e. The molecule has 0 N–H and O–H groups in total. The van der Waals surface area contributed by atoms with Crippen molar-refractivity contribution in [3.63, 3.8) is 0 Å². The molecule has 1 radical (unpaired) electrons. The van der Waals surface area contributed by atoms with Crippen molar-refractivity contribution in [2.24, 2.45) is 0 Å². The molecule has 65 valence electrons. The van der Waals surface area contributed by atoms with Crippen molar-refractivity contribution in [2.45, 2.75) is 0 Å². The number of nitrogens with zero attached hydrogens (tertiary/aromatic N) is 2. The van der Waals surface area contributed by atoms with Gasteiger partial charge in [0.2, 0.25) is 11.7 Å². The van der Waals surface area contributed by atoms with Gasteiger partial charge in [0.15, 0.2) is 0 Å². The fourth-order valence-corrected chi connectivity index (χ4v) is 0.971. The quantitative estimate of drug-likeness (QED) is 0.669. The van der Waals surface area contributed by atoms with Gasteiger partial charge in [-0.3, -0.25) is 0 Å². The molecule has 0 saturated carbocycles. The predicted molar refractivity (Wildman–Crippen MR) is 44.2 cm³/mol. The first kappa shape index (κ1) is 7.91. The molecule has 2 rings (SSSR count). The topological polar surface area (TPSA) is 38.9 Å². The lowest BCUT2D eigenvalue weighted by atomic mass is 10.2. The summed E-state index contributed by atoms with van der Waals surface area (Å²) in [5.74, 6) is 0.381. The van der Waals surface area contributed by atoms with Crippen molar-refractivity contribution in [1.29, 1.82) is 0 Å². The molecule has 0 amide bonds. The highest BCUT2D eigenvalue weighted by Crippen LogP contribution is 2.15. The summed E-state index contributed by atoms with van der Waals surface area (Å²) in [5, 5.41) is 3.64. The number of halogens is 1. The maximum Gasteiger partial charge on any atom is 0.227 e. The van der Waals surface area contributed by atoms with Crippen LogP contribution in [0.1, 0.15) is 5.89 Å². The average molecular weight is 177 g/mol. The predicted octanol–water partition coefficient (Wildman–Crippen LogP) is 2.06. The van der Waals surface area contributed by atoms with Crippen LogP contribution in [0.3, 0.4) is 0 Å². The zero-order chi connectivity index (χ0) is 9.26. The Labute approximate surface area is 74.2 Å². The SMILES string of the molecule is [CH2]c1nc(-c2ccc(F)cc2)no1. The van der Waals surface area contributed by atoms with Crippen LogP contribution in [-0.4, -0.2) is 10.1 Å². The van der Waals surface area contributed by atoms with Gasteiger partial charge in [0, 0.05) is 12.5 Å². The van der Waals surface area contributed by atoms with E-state index in [1.54, 1.807) is 12.1 Å². The van der Waals surface area contributed by atoms with Gasteiger partial charge in [0.05, 0.1) is 0 Å². The molecule has 2 aromatic rings. The van der Waals surface area contributed by atoms with Gasteiger partial charge in [-0.2, -0.15) is 4.98 Å². The fourth-order valence-electron chi connectivity index (χ4n) is 0.971. The van der Waals surface area contributed by atoms with Crippen LogP contribution in [0, 0.1) is 12.7 Å². The van der Waals surface area contributed by atoms with Crippen molar-refractivity contribution in [2.75, 3.05) is 0 Å². The molecule has 0 atom stereocenters. The van der Waals surface area contributed by atoms with E-state index < -0.39 is 0 Å². The highest BCUT2D eigenvalue weighted by molar-refractivity contribution is 5.53. The van der Waals surface area contributed by atoms with E-state index >= 15 is 0 Å². The minimum atomic E-state index is -0.290. The van der Waals surface area contributed by atoms with E-state index in [-0.39, 0.29) is 11.7 Å². The van der Waals surface area contributed by atoms with Crippen LogP contribution in [0.4, 0.5) is 4.39 Å². The van der Waals surface area contributed by atoms with Gasteiger partial charge in [-0.05, 0) is 24.3 Å². The molecular weight excluding hydrogens is 171 g/mol. The molecule has 0 aliphatic heterocycles. The fraction of sp³-hybridized carbons (Fsp3) is 0. The molecular formula is C9H6FN2O. The van der Waals surface area contributed by atoms with Crippen LogP contribution in [0.25, 0.3) is 11.4 Å². The molecule has 1 aromatic carbocycles. The monoisotopic (exact) mass is 177 g/mol. The highest BCUT2D eigenvalue weighted by atomic mass is 19.1. The Hall–Kier alpha value is -1.71. The molecule has 3 nitrogen and oxygen atoms in total. The first-order valence-corrected chi connectivity index (χ1v) is 3.67. The van der Waals surface area contributed by atoms with E-state index in [1.165, 1.54) is 12.1 Å². The van der Waals surface area contributed by atoms with Gasteiger partial charge in [-0.15, -0.1) is 0 Å². The van der Waals surface area contributed by atoms with Gasteiger partial charge >= 0.3 is 0 Å². The lowest BCUT2D eigenvalue weighted by Gasteiger charge is -1.91. The van der Waals surface area contributed by atoms with E-state index in [0.717, 1.165) is 0 Å². The van der Waals surface area contributed by atoms with Gasteiger partial charge in [0.25, 0.3) is 0 Å². The Morgan fingerprint density at radius 3 is 2.46 bits per heavy atom. The summed E-state index contributed by atoms with van der Waals surface area (Å²) in [5.41, 5.74) is 0.708. The third-order valence-electron chi connectivity index (χ3n) is 1.57. The Kier molecular flexibility index (Phi) is 1.81. The highest BCUT2D eigenvalue weighted by Gasteiger charge is 2.04. The zero-order valence-corrected chi connectivity index (χ0v) is 6.70. The minimum absolute atomic E-state index is 0.249. The Bertz CT molecular complexity index is 408. The molecule has 1 aromatic heterocycles. The van der Waals surface area contributed by atoms with E-state index in [9.17, 15) is 4.39 Å². The summed E-state index contributed by atoms with van der Waals surface area (Å²) in [6, 6.07) is 5.85. The molecule has 0 bridgehead atoms. The van der Waals surface area contributed by atoms with Crippen molar-refractivity contribution in [1.82, 2.24) is 10.1 Å². The number of aromatic nitrogens is 2. The van der Waals surface area contributed by atoms with Gasteiger partial charge in [-0.25, -0.2) is 4.39 Å². The van der Waals surface area contributed by atoms with Crippen LogP contribution in [-0.2, 0) is 0 Å². The second-order valence-electron chi connectivity index (χ2n) is 2.52. The Balaban J connectivity index is 2.41. The largest absolute Gasteiger partial charge is 0.339 e. The van der Waals surface area contributed by atoms with Crippen molar-refractivity contribution in [3.05, 3.63) is 42.9 Å². The van der Waals surface area contributed by atoms with E-state index in [2.05, 4.69) is 21.6 Å². The Morgan fingerprint density at radius 2 is 1.92 bits per heavy atom. The molecule has 0 aliphatic carbocycles. The second-order valence-corrected chi connectivity index (χ2v) is 2.52. The van der Waals surface area contributed by atoms with Gasteiger partial charge < -0.3 is 4.52 Å².